The Bertz CT molecular complexity index is 546. The molecule has 3 heteroatoms. The van der Waals surface area contributed by atoms with Gasteiger partial charge in [0.1, 0.15) is 0 Å². The Morgan fingerprint density at radius 3 is 2.67 bits per heavy atom. The van der Waals surface area contributed by atoms with Crippen molar-refractivity contribution in [1.29, 1.82) is 0 Å². The highest BCUT2D eigenvalue weighted by atomic mass is 16.1. The van der Waals surface area contributed by atoms with Crippen molar-refractivity contribution in [3.8, 4) is 11.8 Å². The second kappa shape index (κ2) is 7.85. The first-order valence-electron chi connectivity index (χ1n) is 7.81. The molecule has 112 valence electrons. The van der Waals surface area contributed by atoms with E-state index >= 15 is 0 Å². The Kier molecular flexibility index (Phi) is 5.83. The lowest BCUT2D eigenvalue weighted by Crippen LogP contribution is -2.22. The largest absolute Gasteiger partial charge is 0.326 e. The van der Waals surface area contributed by atoms with Gasteiger partial charge in [-0.1, -0.05) is 43.6 Å². The number of nitrogens with two attached hydrogens (primary N) is 1. The smallest absolute Gasteiger partial charge is 0.227 e. The minimum Gasteiger partial charge on any atom is -0.326 e. The summed E-state index contributed by atoms with van der Waals surface area (Å²) in [5, 5.41) is 3.09. The summed E-state index contributed by atoms with van der Waals surface area (Å²) < 4.78 is 0. The first kappa shape index (κ1) is 15.6. The molecule has 21 heavy (non-hydrogen) atoms. The van der Waals surface area contributed by atoms with Gasteiger partial charge in [-0.25, -0.2) is 0 Å². The lowest BCUT2D eigenvalue weighted by Gasteiger charge is -2.15. The zero-order valence-electron chi connectivity index (χ0n) is 12.7. The van der Waals surface area contributed by atoms with Crippen LogP contribution in [0.15, 0.2) is 18.2 Å². The van der Waals surface area contributed by atoms with Gasteiger partial charge in [0.2, 0.25) is 5.91 Å². The van der Waals surface area contributed by atoms with Crippen LogP contribution in [0.3, 0.4) is 0 Å². The molecule has 0 radical (unpaired) electrons. The molecule has 0 spiro atoms. The number of carbonyl (C=O) groups is 1. The summed E-state index contributed by atoms with van der Waals surface area (Å²) in [4.78, 5) is 12.4. The van der Waals surface area contributed by atoms with Crippen molar-refractivity contribution >= 4 is 11.6 Å². The van der Waals surface area contributed by atoms with E-state index in [9.17, 15) is 4.79 Å². The fourth-order valence-electron chi connectivity index (χ4n) is 2.76. The predicted molar refractivity (Wildman–Crippen MR) is 86.9 cm³/mol. The normalized spacial score (nSPS) is 15.7. The summed E-state index contributed by atoms with van der Waals surface area (Å²) in [6, 6.07) is 5.88. The van der Waals surface area contributed by atoms with Crippen molar-refractivity contribution in [2.24, 2.45) is 11.7 Å². The third-order valence-electron chi connectivity index (χ3n) is 4.06. The molecule has 1 saturated carbocycles. The van der Waals surface area contributed by atoms with Crippen LogP contribution in [-0.4, -0.2) is 12.5 Å². The molecule has 1 amide bonds. The molecule has 3 nitrogen and oxygen atoms in total. The summed E-state index contributed by atoms with van der Waals surface area (Å²) in [7, 11) is 0. The van der Waals surface area contributed by atoms with Crippen molar-refractivity contribution in [2.45, 2.75) is 45.4 Å². The zero-order valence-corrected chi connectivity index (χ0v) is 12.7. The second-order valence-corrected chi connectivity index (χ2v) is 5.71. The van der Waals surface area contributed by atoms with E-state index in [-0.39, 0.29) is 11.8 Å². The fourth-order valence-corrected chi connectivity index (χ4v) is 2.76. The first-order chi connectivity index (χ1) is 10.2. The van der Waals surface area contributed by atoms with Crippen LogP contribution in [0.25, 0.3) is 0 Å². The third-order valence-corrected chi connectivity index (χ3v) is 4.06. The molecule has 2 rings (SSSR count). The van der Waals surface area contributed by atoms with E-state index in [4.69, 9.17) is 5.73 Å². The summed E-state index contributed by atoms with van der Waals surface area (Å²) in [6.45, 7) is 2.35. The molecule has 0 saturated heterocycles. The average molecular weight is 284 g/mol. The molecule has 1 aliphatic rings. The molecule has 0 bridgehead atoms. The summed E-state index contributed by atoms with van der Waals surface area (Å²) >= 11 is 0. The SMILES string of the molecule is Cc1ccc(C#CCN)cc1NC(=O)C1CCCCCC1. The minimum atomic E-state index is 0.156. The summed E-state index contributed by atoms with van der Waals surface area (Å²) in [6.07, 6.45) is 6.87. The number of carbonyl (C=O) groups excluding carboxylic acids is 1. The van der Waals surface area contributed by atoms with Gasteiger partial charge in [0.15, 0.2) is 0 Å². The van der Waals surface area contributed by atoms with Crippen LogP contribution >= 0.6 is 0 Å². The average Bonchev–Trinajstić information content (AvgIpc) is 2.77. The molecule has 0 unspecified atom stereocenters. The quantitative estimate of drug-likeness (QED) is 0.647. The lowest BCUT2D eigenvalue weighted by atomic mass is 9.99. The van der Waals surface area contributed by atoms with E-state index < -0.39 is 0 Å². The molecule has 0 aliphatic heterocycles. The summed E-state index contributed by atoms with van der Waals surface area (Å²) in [5.74, 6) is 6.16. The van der Waals surface area contributed by atoms with Gasteiger partial charge in [-0.15, -0.1) is 0 Å². The number of anilines is 1. The zero-order chi connectivity index (χ0) is 15.1. The molecule has 1 aliphatic carbocycles. The topological polar surface area (TPSA) is 55.1 Å². The Hall–Kier alpha value is -1.79. The monoisotopic (exact) mass is 284 g/mol. The summed E-state index contributed by atoms with van der Waals surface area (Å²) in [5.41, 5.74) is 8.22. The molecule has 1 aromatic rings. The molecule has 0 heterocycles. The van der Waals surface area contributed by atoms with Crippen LogP contribution in [0, 0.1) is 24.7 Å². The van der Waals surface area contributed by atoms with Gasteiger partial charge in [-0.2, -0.15) is 0 Å². The van der Waals surface area contributed by atoms with E-state index in [1.807, 2.05) is 25.1 Å². The van der Waals surface area contributed by atoms with Crippen LogP contribution in [0.1, 0.15) is 49.7 Å². The van der Waals surface area contributed by atoms with Crippen molar-refractivity contribution in [1.82, 2.24) is 0 Å². The third kappa shape index (κ3) is 4.61. The minimum absolute atomic E-state index is 0.156. The number of amides is 1. The van der Waals surface area contributed by atoms with E-state index in [1.54, 1.807) is 0 Å². The molecule has 1 fully saturated rings. The van der Waals surface area contributed by atoms with Crippen LogP contribution in [0.4, 0.5) is 5.69 Å². The maximum absolute atomic E-state index is 12.4. The van der Waals surface area contributed by atoms with Crippen LogP contribution in [-0.2, 0) is 4.79 Å². The van der Waals surface area contributed by atoms with E-state index in [0.717, 1.165) is 29.7 Å². The van der Waals surface area contributed by atoms with Crippen molar-refractivity contribution in [2.75, 3.05) is 11.9 Å². The molecule has 0 aromatic heterocycles. The highest BCUT2D eigenvalue weighted by molar-refractivity contribution is 5.93. The standard InChI is InChI=1S/C18H24N2O/c1-14-10-11-15(7-6-12-19)13-17(14)20-18(21)16-8-4-2-3-5-9-16/h10-11,13,16H,2-5,8-9,12,19H2,1H3,(H,20,21). The van der Waals surface area contributed by atoms with Crippen molar-refractivity contribution in [3.63, 3.8) is 0 Å². The van der Waals surface area contributed by atoms with E-state index in [0.29, 0.717) is 6.54 Å². The van der Waals surface area contributed by atoms with Gasteiger partial charge in [-0.05, 0) is 37.5 Å². The lowest BCUT2D eigenvalue weighted by molar-refractivity contribution is -0.120. The van der Waals surface area contributed by atoms with Crippen molar-refractivity contribution in [3.05, 3.63) is 29.3 Å². The number of hydrogen-bond acceptors (Lipinski definition) is 2. The van der Waals surface area contributed by atoms with Crippen LogP contribution < -0.4 is 11.1 Å². The van der Waals surface area contributed by atoms with E-state index in [2.05, 4.69) is 17.2 Å². The van der Waals surface area contributed by atoms with Gasteiger partial charge in [0.05, 0.1) is 6.54 Å². The van der Waals surface area contributed by atoms with Crippen LogP contribution in [0.2, 0.25) is 0 Å². The number of benzene rings is 1. The molecule has 3 N–H and O–H groups in total. The Morgan fingerprint density at radius 1 is 1.29 bits per heavy atom. The maximum Gasteiger partial charge on any atom is 0.227 e. The molecule has 1 aromatic carbocycles. The van der Waals surface area contributed by atoms with Crippen LogP contribution in [0.5, 0.6) is 0 Å². The van der Waals surface area contributed by atoms with Gasteiger partial charge in [0, 0.05) is 17.2 Å². The molecular formula is C18H24N2O. The first-order valence-corrected chi connectivity index (χ1v) is 7.81. The molecular weight excluding hydrogens is 260 g/mol. The predicted octanol–water partition coefficient (Wildman–Crippen LogP) is 3.21. The number of nitrogens with one attached hydrogen (secondary N) is 1. The fraction of sp³-hybridized carbons (Fsp3) is 0.500. The molecule has 0 atom stereocenters. The number of rotatable bonds is 2. The van der Waals surface area contributed by atoms with Gasteiger partial charge >= 0.3 is 0 Å². The maximum atomic E-state index is 12.4. The van der Waals surface area contributed by atoms with E-state index in [1.165, 1.54) is 25.7 Å². The van der Waals surface area contributed by atoms with Crippen molar-refractivity contribution < 1.29 is 4.79 Å². The highest BCUT2D eigenvalue weighted by Gasteiger charge is 2.20. The number of hydrogen-bond donors (Lipinski definition) is 2. The van der Waals surface area contributed by atoms with Gasteiger partial charge in [0.25, 0.3) is 0 Å². The Balaban J connectivity index is 2.08. The Labute approximate surface area is 127 Å². The Morgan fingerprint density at radius 2 is 2.00 bits per heavy atom. The van der Waals surface area contributed by atoms with Gasteiger partial charge < -0.3 is 11.1 Å². The highest BCUT2D eigenvalue weighted by Crippen LogP contribution is 2.25. The number of aryl methyl sites for hydroxylation is 1. The van der Waals surface area contributed by atoms with Gasteiger partial charge in [-0.3, -0.25) is 4.79 Å². The second-order valence-electron chi connectivity index (χ2n) is 5.71.